The lowest BCUT2D eigenvalue weighted by molar-refractivity contribution is -0.116. The molecule has 1 unspecified atom stereocenters. The van der Waals surface area contributed by atoms with Gasteiger partial charge in [-0.2, -0.15) is 11.8 Å². The number of benzene rings is 1. The predicted molar refractivity (Wildman–Crippen MR) is 80.1 cm³/mol. The van der Waals surface area contributed by atoms with E-state index in [-0.39, 0.29) is 17.9 Å². The van der Waals surface area contributed by atoms with Gasteiger partial charge in [0.05, 0.1) is 12.7 Å². The number of carbonyl (C=O) groups excluding carboxylic acids is 2. The maximum Gasteiger partial charge on any atom is 0.337 e. The SMILES string of the molecule is COC(=O)c1ccc(NC(=O)CC2CSCCN2)cc1. The van der Waals surface area contributed by atoms with Gasteiger partial charge in [-0.15, -0.1) is 0 Å². The lowest BCUT2D eigenvalue weighted by Gasteiger charge is -2.22. The van der Waals surface area contributed by atoms with E-state index >= 15 is 0 Å². The molecule has 0 bridgehead atoms. The molecule has 2 rings (SSSR count). The second kappa shape index (κ2) is 7.31. The minimum absolute atomic E-state index is 0.0178. The summed E-state index contributed by atoms with van der Waals surface area (Å²) in [6, 6.07) is 6.91. The third-order valence-electron chi connectivity index (χ3n) is 3.02. The fraction of sp³-hybridized carbons (Fsp3) is 0.429. The Kier molecular flexibility index (Phi) is 5.43. The Labute approximate surface area is 122 Å². The molecule has 1 saturated heterocycles. The van der Waals surface area contributed by atoms with Crippen LogP contribution in [0.5, 0.6) is 0 Å². The Balaban J connectivity index is 1.85. The molecule has 6 heteroatoms. The summed E-state index contributed by atoms with van der Waals surface area (Å²) in [6.07, 6.45) is 0.464. The van der Waals surface area contributed by atoms with Gasteiger partial charge in [-0.05, 0) is 24.3 Å². The normalized spacial score (nSPS) is 18.4. The molecule has 1 aliphatic rings. The number of esters is 1. The van der Waals surface area contributed by atoms with E-state index in [0.717, 1.165) is 18.1 Å². The molecule has 0 saturated carbocycles. The van der Waals surface area contributed by atoms with E-state index in [4.69, 9.17) is 0 Å². The van der Waals surface area contributed by atoms with Crippen LogP contribution in [0.2, 0.25) is 0 Å². The lowest BCUT2D eigenvalue weighted by Crippen LogP contribution is -2.39. The topological polar surface area (TPSA) is 67.4 Å². The van der Waals surface area contributed by atoms with Crippen molar-refractivity contribution in [2.24, 2.45) is 0 Å². The number of carbonyl (C=O) groups is 2. The number of anilines is 1. The Morgan fingerprint density at radius 1 is 1.40 bits per heavy atom. The van der Waals surface area contributed by atoms with E-state index in [0.29, 0.717) is 17.7 Å². The third kappa shape index (κ3) is 4.25. The molecule has 0 radical (unpaired) electrons. The summed E-state index contributed by atoms with van der Waals surface area (Å²) in [5.74, 6) is 1.67. The second-order valence-corrected chi connectivity index (χ2v) is 5.70. The Morgan fingerprint density at radius 2 is 2.15 bits per heavy atom. The zero-order chi connectivity index (χ0) is 14.4. The van der Waals surface area contributed by atoms with Crippen LogP contribution in [0.25, 0.3) is 0 Å². The van der Waals surface area contributed by atoms with E-state index in [2.05, 4.69) is 15.4 Å². The smallest absolute Gasteiger partial charge is 0.337 e. The first kappa shape index (κ1) is 14.9. The van der Waals surface area contributed by atoms with Gasteiger partial charge in [-0.1, -0.05) is 0 Å². The van der Waals surface area contributed by atoms with Gasteiger partial charge >= 0.3 is 5.97 Å². The third-order valence-corrected chi connectivity index (χ3v) is 4.15. The average Bonchev–Trinajstić information content (AvgIpc) is 2.48. The first-order valence-corrected chi connectivity index (χ1v) is 7.64. The zero-order valence-corrected chi connectivity index (χ0v) is 12.2. The maximum atomic E-state index is 11.9. The van der Waals surface area contributed by atoms with E-state index < -0.39 is 0 Å². The van der Waals surface area contributed by atoms with Gasteiger partial charge in [0.2, 0.25) is 5.91 Å². The molecule has 0 aromatic heterocycles. The average molecular weight is 294 g/mol. The van der Waals surface area contributed by atoms with Crippen molar-refractivity contribution in [2.75, 3.05) is 30.5 Å². The molecule has 1 aromatic rings. The van der Waals surface area contributed by atoms with Gasteiger partial charge in [0.1, 0.15) is 0 Å². The van der Waals surface area contributed by atoms with Crippen molar-refractivity contribution < 1.29 is 14.3 Å². The van der Waals surface area contributed by atoms with Gasteiger partial charge in [0, 0.05) is 36.2 Å². The van der Waals surface area contributed by atoms with Gasteiger partial charge < -0.3 is 15.4 Å². The van der Waals surface area contributed by atoms with Crippen molar-refractivity contribution in [3.8, 4) is 0 Å². The minimum Gasteiger partial charge on any atom is -0.465 e. The largest absolute Gasteiger partial charge is 0.465 e. The van der Waals surface area contributed by atoms with Crippen molar-refractivity contribution in [3.63, 3.8) is 0 Å². The number of ether oxygens (including phenoxy) is 1. The highest BCUT2D eigenvalue weighted by atomic mass is 32.2. The number of nitrogens with one attached hydrogen (secondary N) is 2. The molecule has 1 amide bonds. The second-order valence-electron chi connectivity index (χ2n) is 4.55. The highest BCUT2D eigenvalue weighted by Gasteiger charge is 2.16. The van der Waals surface area contributed by atoms with Crippen molar-refractivity contribution in [2.45, 2.75) is 12.5 Å². The molecule has 1 fully saturated rings. The molecule has 0 spiro atoms. The summed E-state index contributed by atoms with van der Waals surface area (Å²) in [7, 11) is 1.34. The Hall–Kier alpha value is -1.53. The predicted octanol–water partition coefficient (Wildman–Crippen LogP) is 1.51. The van der Waals surface area contributed by atoms with Crippen molar-refractivity contribution in [1.29, 1.82) is 0 Å². The summed E-state index contributed by atoms with van der Waals surface area (Å²) in [5.41, 5.74) is 1.15. The molecule has 1 atom stereocenters. The molecular weight excluding hydrogens is 276 g/mol. The highest BCUT2D eigenvalue weighted by Crippen LogP contribution is 2.13. The zero-order valence-electron chi connectivity index (χ0n) is 11.3. The van der Waals surface area contributed by atoms with Crippen LogP contribution in [0.1, 0.15) is 16.8 Å². The highest BCUT2D eigenvalue weighted by molar-refractivity contribution is 7.99. The molecule has 0 aliphatic carbocycles. The fourth-order valence-electron chi connectivity index (χ4n) is 1.99. The van der Waals surface area contributed by atoms with Crippen LogP contribution in [-0.2, 0) is 9.53 Å². The lowest BCUT2D eigenvalue weighted by atomic mass is 10.2. The van der Waals surface area contributed by atoms with Crippen LogP contribution in [0.15, 0.2) is 24.3 Å². The number of methoxy groups -OCH3 is 1. The first-order valence-electron chi connectivity index (χ1n) is 6.48. The molecule has 2 N–H and O–H groups in total. The number of hydrogen-bond acceptors (Lipinski definition) is 5. The number of amides is 1. The van der Waals surface area contributed by atoms with Crippen LogP contribution in [-0.4, -0.2) is 43.1 Å². The van der Waals surface area contributed by atoms with Crippen LogP contribution < -0.4 is 10.6 Å². The van der Waals surface area contributed by atoms with Crippen molar-refractivity contribution >= 4 is 29.3 Å². The molecule has 1 aromatic carbocycles. The van der Waals surface area contributed by atoms with Gasteiger partial charge in [-0.25, -0.2) is 4.79 Å². The Bertz CT molecular complexity index is 470. The molecule has 108 valence electrons. The number of thioether (sulfide) groups is 1. The quantitative estimate of drug-likeness (QED) is 0.824. The summed E-state index contributed by atoms with van der Waals surface area (Å²) < 4.78 is 4.62. The summed E-state index contributed by atoms with van der Waals surface area (Å²) in [6.45, 7) is 0.955. The van der Waals surface area contributed by atoms with Crippen LogP contribution in [0.4, 0.5) is 5.69 Å². The molecule has 1 aliphatic heterocycles. The van der Waals surface area contributed by atoms with Gasteiger partial charge in [0.15, 0.2) is 0 Å². The summed E-state index contributed by atoms with van der Waals surface area (Å²) in [5, 5.41) is 6.16. The summed E-state index contributed by atoms with van der Waals surface area (Å²) in [4.78, 5) is 23.2. The molecule has 5 nitrogen and oxygen atoms in total. The standard InChI is InChI=1S/C14H18N2O3S/c1-19-14(18)10-2-4-11(5-3-10)16-13(17)8-12-9-20-7-6-15-12/h2-5,12,15H,6-9H2,1H3,(H,16,17). The first-order chi connectivity index (χ1) is 9.69. The minimum atomic E-state index is -0.383. The van der Waals surface area contributed by atoms with E-state index in [9.17, 15) is 9.59 Å². The number of rotatable bonds is 4. The Morgan fingerprint density at radius 3 is 2.75 bits per heavy atom. The van der Waals surface area contributed by atoms with E-state index in [1.807, 2.05) is 11.8 Å². The summed E-state index contributed by atoms with van der Waals surface area (Å²) >= 11 is 1.87. The van der Waals surface area contributed by atoms with Gasteiger partial charge in [-0.3, -0.25) is 4.79 Å². The van der Waals surface area contributed by atoms with Gasteiger partial charge in [0.25, 0.3) is 0 Å². The van der Waals surface area contributed by atoms with Crippen molar-refractivity contribution in [3.05, 3.63) is 29.8 Å². The fourth-order valence-corrected chi connectivity index (χ4v) is 2.94. The molecule has 1 heterocycles. The number of hydrogen-bond donors (Lipinski definition) is 2. The monoisotopic (exact) mass is 294 g/mol. The van der Waals surface area contributed by atoms with Crippen LogP contribution in [0, 0.1) is 0 Å². The maximum absolute atomic E-state index is 11.9. The van der Waals surface area contributed by atoms with E-state index in [1.54, 1.807) is 24.3 Å². The molecular formula is C14H18N2O3S. The van der Waals surface area contributed by atoms with E-state index in [1.165, 1.54) is 7.11 Å². The van der Waals surface area contributed by atoms with Crippen molar-refractivity contribution in [1.82, 2.24) is 5.32 Å². The van der Waals surface area contributed by atoms with Crippen LogP contribution >= 0.6 is 11.8 Å². The molecule has 20 heavy (non-hydrogen) atoms. The van der Waals surface area contributed by atoms with Crippen LogP contribution in [0.3, 0.4) is 0 Å².